The summed E-state index contributed by atoms with van der Waals surface area (Å²) >= 11 is 5.77. The highest BCUT2D eigenvalue weighted by molar-refractivity contribution is 6.30. The van der Waals surface area contributed by atoms with Crippen LogP contribution < -0.4 is 0 Å². The van der Waals surface area contributed by atoms with Crippen LogP contribution in [0.2, 0.25) is 5.02 Å². The highest BCUT2D eigenvalue weighted by Crippen LogP contribution is 2.11. The molecule has 0 aliphatic carbocycles. The summed E-state index contributed by atoms with van der Waals surface area (Å²) in [4.78, 5) is 11.5. The molecule has 94 valence electrons. The van der Waals surface area contributed by atoms with E-state index in [1.54, 1.807) is 24.3 Å². The number of alkyl halides is 2. The van der Waals surface area contributed by atoms with E-state index in [2.05, 4.69) is 4.74 Å². The fraction of sp³-hybridized carbons (Fsp3) is 0.417. The highest BCUT2D eigenvalue weighted by Gasteiger charge is 2.06. The van der Waals surface area contributed by atoms with Gasteiger partial charge in [0.1, 0.15) is 12.4 Å². The lowest BCUT2D eigenvalue weighted by Gasteiger charge is -2.03. The average Bonchev–Trinajstić information content (AvgIpc) is 2.24. The van der Waals surface area contributed by atoms with Crippen LogP contribution in [0.4, 0.5) is 8.78 Å². The monoisotopic (exact) mass is 262 g/mol. The van der Waals surface area contributed by atoms with Crippen LogP contribution in [0.1, 0.15) is 12.0 Å². The zero-order valence-corrected chi connectivity index (χ0v) is 9.92. The number of Topliss-reactive ketones (excluding diaryl/α,β-unsaturated/α-hetero) is 1. The van der Waals surface area contributed by atoms with Gasteiger partial charge in [-0.25, -0.2) is 8.78 Å². The summed E-state index contributed by atoms with van der Waals surface area (Å²) in [7, 11) is 0. The molecule has 0 amide bonds. The van der Waals surface area contributed by atoms with Gasteiger partial charge in [0.2, 0.25) is 0 Å². The first-order valence-electron chi connectivity index (χ1n) is 5.20. The fourth-order valence-electron chi connectivity index (χ4n) is 1.32. The molecule has 0 unspecified atom stereocenters. The molecule has 0 N–H and O–H groups in total. The summed E-state index contributed by atoms with van der Waals surface area (Å²) in [6, 6.07) is 6.99. The number of benzene rings is 1. The van der Waals surface area contributed by atoms with E-state index < -0.39 is 13.0 Å². The summed E-state index contributed by atoms with van der Waals surface area (Å²) in [5.74, 6) is -0.0541. The van der Waals surface area contributed by atoms with Crippen molar-refractivity contribution in [3.05, 3.63) is 34.9 Å². The molecular weight excluding hydrogens is 250 g/mol. The van der Waals surface area contributed by atoms with Gasteiger partial charge in [-0.2, -0.15) is 0 Å². The van der Waals surface area contributed by atoms with Gasteiger partial charge in [0.15, 0.2) is 0 Å². The first-order chi connectivity index (χ1) is 8.08. The molecular formula is C12H13ClF2O2. The molecule has 0 saturated carbocycles. The van der Waals surface area contributed by atoms with Gasteiger partial charge in [0, 0.05) is 17.9 Å². The van der Waals surface area contributed by atoms with E-state index in [0.717, 1.165) is 5.56 Å². The number of hydrogen-bond donors (Lipinski definition) is 0. The Labute approximate surface area is 104 Å². The minimum absolute atomic E-state index is 0.0315. The lowest BCUT2D eigenvalue weighted by atomic mass is 10.1. The molecule has 5 heteroatoms. The van der Waals surface area contributed by atoms with E-state index >= 15 is 0 Å². The third-order valence-corrected chi connectivity index (χ3v) is 2.29. The van der Waals surface area contributed by atoms with Crippen LogP contribution in [0.5, 0.6) is 0 Å². The van der Waals surface area contributed by atoms with E-state index in [4.69, 9.17) is 11.6 Å². The molecule has 0 aliphatic rings. The largest absolute Gasteiger partial charge is 0.375 e. The molecule has 0 aromatic heterocycles. The molecule has 1 rings (SSSR count). The van der Waals surface area contributed by atoms with Crippen molar-refractivity contribution in [2.75, 3.05) is 13.2 Å². The van der Waals surface area contributed by atoms with Crippen molar-refractivity contribution in [1.82, 2.24) is 0 Å². The van der Waals surface area contributed by atoms with Crippen molar-refractivity contribution < 1.29 is 18.3 Å². The lowest BCUT2D eigenvalue weighted by Crippen LogP contribution is -2.10. The molecule has 0 radical (unpaired) electrons. The van der Waals surface area contributed by atoms with Crippen LogP contribution in [0.15, 0.2) is 24.3 Å². The summed E-state index contributed by atoms with van der Waals surface area (Å²) in [6.07, 6.45) is -2.10. The normalized spacial score (nSPS) is 10.8. The maximum absolute atomic E-state index is 11.7. The van der Waals surface area contributed by atoms with E-state index in [-0.39, 0.29) is 25.2 Å². The Kier molecular flexibility index (Phi) is 6.08. The summed E-state index contributed by atoms with van der Waals surface area (Å²) in [6.45, 7) is -0.589. The third-order valence-electron chi connectivity index (χ3n) is 2.06. The topological polar surface area (TPSA) is 26.3 Å². The standard InChI is InChI=1S/C12H13ClF2O2/c13-10-3-1-2-9(6-10)7-11(16)4-5-17-8-12(14)15/h1-3,6,12H,4-5,7-8H2. The molecule has 0 heterocycles. The van der Waals surface area contributed by atoms with Gasteiger partial charge in [0.25, 0.3) is 6.43 Å². The SMILES string of the molecule is O=C(CCOCC(F)F)Cc1cccc(Cl)c1. The number of carbonyl (C=O) groups is 1. The molecule has 2 nitrogen and oxygen atoms in total. The van der Waals surface area contributed by atoms with Crippen LogP contribution in [-0.2, 0) is 16.0 Å². The van der Waals surface area contributed by atoms with Crippen molar-refractivity contribution in [2.45, 2.75) is 19.3 Å². The predicted octanol–water partition coefficient (Wildman–Crippen LogP) is 3.12. The van der Waals surface area contributed by atoms with Crippen LogP contribution >= 0.6 is 11.6 Å². The van der Waals surface area contributed by atoms with Crippen molar-refractivity contribution >= 4 is 17.4 Å². The van der Waals surface area contributed by atoms with Crippen molar-refractivity contribution in [2.24, 2.45) is 0 Å². The van der Waals surface area contributed by atoms with E-state index in [0.29, 0.717) is 5.02 Å². The van der Waals surface area contributed by atoms with Crippen LogP contribution in [0, 0.1) is 0 Å². The zero-order chi connectivity index (χ0) is 12.7. The Morgan fingerprint density at radius 1 is 1.41 bits per heavy atom. The van der Waals surface area contributed by atoms with Gasteiger partial charge in [-0.3, -0.25) is 4.79 Å². The minimum Gasteiger partial charge on any atom is -0.375 e. The van der Waals surface area contributed by atoms with Crippen LogP contribution in [0.3, 0.4) is 0 Å². The maximum Gasteiger partial charge on any atom is 0.261 e. The van der Waals surface area contributed by atoms with Gasteiger partial charge in [0.05, 0.1) is 6.61 Å². The number of carbonyl (C=O) groups excluding carboxylic acids is 1. The Morgan fingerprint density at radius 3 is 2.82 bits per heavy atom. The van der Waals surface area contributed by atoms with Crippen molar-refractivity contribution in [3.63, 3.8) is 0 Å². The molecule has 0 atom stereocenters. The average molecular weight is 263 g/mol. The van der Waals surface area contributed by atoms with Crippen LogP contribution in [0.25, 0.3) is 0 Å². The second kappa shape index (κ2) is 7.35. The van der Waals surface area contributed by atoms with Gasteiger partial charge in [-0.05, 0) is 17.7 Å². The van der Waals surface area contributed by atoms with Crippen LogP contribution in [-0.4, -0.2) is 25.4 Å². The molecule has 17 heavy (non-hydrogen) atoms. The van der Waals surface area contributed by atoms with Gasteiger partial charge in [-0.15, -0.1) is 0 Å². The summed E-state index contributed by atoms with van der Waals surface area (Å²) in [5.41, 5.74) is 0.816. The Bertz CT molecular complexity index is 369. The smallest absolute Gasteiger partial charge is 0.261 e. The molecule has 0 saturated heterocycles. The first-order valence-corrected chi connectivity index (χ1v) is 5.58. The number of ether oxygens (including phenoxy) is 1. The third kappa shape index (κ3) is 6.34. The predicted molar refractivity (Wildman–Crippen MR) is 61.6 cm³/mol. The molecule has 0 aliphatic heterocycles. The van der Waals surface area contributed by atoms with Gasteiger partial charge < -0.3 is 4.74 Å². The second-order valence-corrected chi connectivity index (χ2v) is 4.00. The number of hydrogen-bond acceptors (Lipinski definition) is 2. The Morgan fingerprint density at radius 2 is 2.18 bits per heavy atom. The quantitative estimate of drug-likeness (QED) is 0.706. The van der Waals surface area contributed by atoms with E-state index in [1.165, 1.54) is 0 Å². The number of ketones is 1. The van der Waals surface area contributed by atoms with E-state index in [1.807, 2.05) is 0 Å². The van der Waals surface area contributed by atoms with Crippen molar-refractivity contribution in [3.8, 4) is 0 Å². The molecule has 1 aromatic carbocycles. The molecule has 0 fully saturated rings. The molecule has 0 spiro atoms. The van der Waals surface area contributed by atoms with Crippen molar-refractivity contribution in [1.29, 1.82) is 0 Å². The maximum atomic E-state index is 11.7. The number of rotatable bonds is 7. The minimum atomic E-state index is -2.49. The highest BCUT2D eigenvalue weighted by atomic mass is 35.5. The fourth-order valence-corrected chi connectivity index (χ4v) is 1.53. The first kappa shape index (κ1) is 14.1. The summed E-state index contributed by atoms with van der Waals surface area (Å²) < 4.78 is 28.1. The summed E-state index contributed by atoms with van der Waals surface area (Å²) in [5, 5.41) is 0.573. The van der Waals surface area contributed by atoms with E-state index in [9.17, 15) is 13.6 Å². The zero-order valence-electron chi connectivity index (χ0n) is 9.17. The van der Waals surface area contributed by atoms with Gasteiger partial charge in [-0.1, -0.05) is 23.7 Å². The Hall–Kier alpha value is -1.00. The second-order valence-electron chi connectivity index (χ2n) is 3.56. The number of halogens is 3. The lowest BCUT2D eigenvalue weighted by molar-refractivity contribution is -0.119. The Balaban J connectivity index is 2.25. The van der Waals surface area contributed by atoms with Gasteiger partial charge >= 0.3 is 0 Å². The molecule has 1 aromatic rings. The molecule has 0 bridgehead atoms.